The van der Waals surface area contributed by atoms with E-state index in [0.29, 0.717) is 22.4 Å². The van der Waals surface area contributed by atoms with Gasteiger partial charge in [0.25, 0.3) is 11.4 Å². The summed E-state index contributed by atoms with van der Waals surface area (Å²) in [6.45, 7) is 0.0870. The third-order valence-corrected chi connectivity index (χ3v) is 5.31. The number of ether oxygens (including phenoxy) is 3. The van der Waals surface area contributed by atoms with Crippen LogP contribution in [0.4, 0.5) is 11.4 Å². The second kappa shape index (κ2) is 10.2. The molecule has 3 aromatic carbocycles. The third kappa shape index (κ3) is 5.31. The molecule has 4 rings (SSSR count). The first-order chi connectivity index (χ1) is 17.2. The molecule has 0 bridgehead atoms. The Bertz CT molecular complexity index is 1420. The molecule has 0 unspecified atom stereocenters. The van der Waals surface area contributed by atoms with Gasteiger partial charge in [-0.25, -0.2) is 9.79 Å². The number of non-ortho nitro benzene ring substituents is 2. The normalized spacial score (nSPS) is 13.8. The van der Waals surface area contributed by atoms with Gasteiger partial charge in [-0.1, -0.05) is 11.6 Å². The summed E-state index contributed by atoms with van der Waals surface area (Å²) in [6.07, 6.45) is 1.45. The lowest BCUT2D eigenvalue weighted by Gasteiger charge is -2.13. The van der Waals surface area contributed by atoms with Crippen molar-refractivity contribution in [3.05, 3.63) is 108 Å². The fourth-order valence-corrected chi connectivity index (χ4v) is 3.52. The van der Waals surface area contributed by atoms with E-state index in [1.807, 2.05) is 0 Å². The van der Waals surface area contributed by atoms with Crippen LogP contribution in [0.1, 0.15) is 16.7 Å². The van der Waals surface area contributed by atoms with Crippen LogP contribution in [0.5, 0.6) is 11.5 Å². The molecule has 1 aliphatic rings. The second-order valence-electron chi connectivity index (χ2n) is 7.39. The van der Waals surface area contributed by atoms with E-state index in [2.05, 4.69) is 4.99 Å². The zero-order chi connectivity index (χ0) is 25.8. The van der Waals surface area contributed by atoms with E-state index in [-0.39, 0.29) is 40.3 Å². The van der Waals surface area contributed by atoms with E-state index in [1.165, 1.54) is 49.6 Å². The Balaban J connectivity index is 1.54. The van der Waals surface area contributed by atoms with Gasteiger partial charge in [-0.2, -0.15) is 0 Å². The number of nitrogens with zero attached hydrogens (tertiary/aromatic N) is 3. The van der Waals surface area contributed by atoms with Crippen molar-refractivity contribution in [3.8, 4) is 11.5 Å². The number of benzene rings is 3. The van der Waals surface area contributed by atoms with E-state index >= 15 is 0 Å². The molecule has 1 heterocycles. The van der Waals surface area contributed by atoms with Crippen molar-refractivity contribution in [3.63, 3.8) is 0 Å². The van der Waals surface area contributed by atoms with E-state index in [4.69, 9.17) is 25.8 Å². The lowest BCUT2D eigenvalue weighted by Crippen LogP contribution is -2.05. The highest BCUT2D eigenvalue weighted by molar-refractivity contribution is 6.32. The lowest BCUT2D eigenvalue weighted by atomic mass is 10.1. The van der Waals surface area contributed by atoms with Gasteiger partial charge in [0.15, 0.2) is 17.2 Å². The summed E-state index contributed by atoms with van der Waals surface area (Å²) in [7, 11) is 1.43. The highest BCUT2D eigenvalue weighted by Gasteiger charge is 2.25. The van der Waals surface area contributed by atoms with E-state index in [0.717, 1.165) is 0 Å². The summed E-state index contributed by atoms with van der Waals surface area (Å²) in [5.74, 6) is -0.134. The predicted molar refractivity (Wildman–Crippen MR) is 129 cm³/mol. The average Bonchev–Trinajstić information content (AvgIpc) is 3.23. The molecule has 0 radical (unpaired) electrons. The quantitative estimate of drug-likeness (QED) is 0.177. The number of carbonyl (C=O) groups excluding carboxylic acids is 1. The topological polar surface area (TPSA) is 143 Å². The van der Waals surface area contributed by atoms with Gasteiger partial charge in [0.05, 0.1) is 22.0 Å². The highest BCUT2D eigenvalue weighted by atomic mass is 35.5. The molecule has 3 aromatic rings. The van der Waals surface area contributed by atoms with Gasteiger partial charge in [0.1, 0.15) is 6.61 Å². The number of hydrogen-bond donors (Lipinski definition) is 0. The standard InChI is InChI=1S/C24H16ClN3O8/c1-34-21-12-15(10-19(25)22(21)35-13-14-2-6-17(7-3-14)27(30)31)11-20-24(29)36-23(26-20)16-4-8-18(9-5-16)28(32)33/h2-12H,13H2,1H3/b20-11-. The minimum absolute atomic E-state index is 0.000945. The molecule has 0 amide bonds. The maximum atomic E-state index is 12.3. The average molecular weight is 510 g/mol. The number of carbonyl (C=O) groups is 1. The van der Waals surface area contributed by atoms with Gasteiger partial charge >= 0.3 is 5.97 Å². The summed E-state index contributed by atoms with van der Waals surface area (Å²) in [5.41, 5.74) is 1.45. The van der Waals surface area contributed by atoms with Crippen LogP contribution in [-0.4, -0.2) is 28.8 Å². The SMILES string of the molecule is COc1cc(/C=C2\N=C(c3ccc([N+](=O)[O-])cc3)OC2=O)cc(Cl)c1OCc1ccc([N+](=O)[O-])cc1. The number of nitro groups is 2. The van der Waals surface area contributed by atoms with Crippen molar-refractivity contribution in [2.75, 3.05) is 7.11 Å². The van der Waals surface area contributed by atoms with Gasteiger partial charge in [0, 0.05) is 29.8 Å². The Kier molecular flexibility index (Phi) is 6.93. The molecule has 0 atom stereocenters. The van der Waals surface area contributed by atoms with Crippen LogP contribution >= 0.6 is 11.6 Å². The number of methoxy groups -OCH3 is 1. The number of halogens is 1. The van der Waals surface area contributed by atoms with Crippen LogP contribution in [-0.2, 0) is 16.1 Å². The van der Waals surface area contributed by atoms with Gasteiger partial charge in [0.2, 0.25) is 5.90 Å². The maximum Gasteiger partial charge on any atom is 0.363 e. The Hall–Kier alpha value is -4.77. The summed E-state index contributed by atoms with van der Waals surface area (Å²) in [6, 6.07) is 14.5. The summed E-state index contributed by atoms with van der Waals surface area (Å²) >= 11 is 6.40. The van der Waals surface area contributed by atoms with Gasteiger partial charge in [-0.3, -0.25) is 20.2 Å². The summed E-state index contributed by atoms with van der Waals surface area (Å²) < 4.78 is 16.4. The van der Waals surface area contributed by atoms with Crippen LogP contribution in [0.15, 0.2) is 71.4 Å². The molecule has 0 aromatic heterocycles. The first-order valence-electron chi connectivity index (χ1n) is 10.3. The van der Waals surface area contributed by atoms with Gasteiger partial charge in [-0.05, 0) is 53.6 Å². The third-order valence-electron chi connectivity index (χ3n) is 5.03. The molecule has 0 N–H and O–H groups in total. The van der Waals surface area contributed by atoms with Crippen molar-refractivity contribution in [2.45, 2.75) is 6.61 Å². The van der Waals surface area contributed by atoms with E-state index in [1.54, 1.807) is 24.3 Å². The second-order valence-corrected chi connectivity index (χ2v) is 7.79. The van der Waals surface area contributed by atoms with Gasteiger partial charge < -0.3 is 14.2 Å². The minimum Gasteiger partial charge on any atom is -0.493 e. The zero-order valence-corrected chi connectivity index (χ0v) is 19.3. The van der Waals surface area contributed by atoms with Crippen LogP contribution < -0.4 is 9.47 Å². The number of aliphatic imine (C=N–C) groups is 1. The van der Waals surface area contributed by atoms with Crippen molar-refractivity contribution < 1.29 is 28.9 Å². The van der Waals surface area contributed by atoms with Crippen molar-refractivity contribution >= 4 is 40.9 Å². The molecule has 36 heavy (non-hydrogen) atoms. The zero-order valence-electron chi connectivity index (χ0n) is 18.5. The molecule has 11 nitrogen and oxygen atoms in total. The lowest BCUT2D eigenvalue weighted by molar-refractivity contribution is -0.385. The molecular formula is C24H16ClN3O8. The Morgan fingerprint density at radius 1 is 1.00 bits per heavy atom. The fraction of sp³-hybridized carbons (Fsp3) is 0.0833. The molecule has 1 aliphatic heterocycles. The number of esters is 1. The first kappa shape index (κ1) is 24.4. The van der Waals surface area contributed by atoms with Crippen LogP contribution in [0.2, 0.25) is 5.02 Å². The number of hydrogen-bond acceptors (Lipinski definition) is 9. The van der Waals surface area contributed by atoms with Crippen LogP contribution in [0, 0.1) is 20.2 Å². The smallest absolute Gasteiger partial charge is 0.363 e. The Labute approximate surface area is 208 Å². The molecule has 182 valence electrons. The highest BCUT2D eigenvalue weighted by Crippen LogP contribution is 2.38. The Morgan fingerprint density at radius 2 is 1.61 bits per heavy atom. The van der Waals surface area contributed by atoms with Crippen LogP contribution in [0.25, 0.3) is 6.08 Å². The summed E-state index contributed by atoms with van der Waals surface area (Å²) in [4.78, 5) is 37.1. The molecule has 0 fully saturated rings. The largest absolute Gasteiger partial charge is 0.493 e. The molecule has 12 heteroatoms. The monoisotopic (exact) mass is 509 g/mol. The van der Waals surface area contributed by atoms with E-state index in [9.17, 15) is 25.0 Å². The summed E-state index contributed by atoms with van der Waals surface area (Å²) in [5, 5.41) is 21.8. The number of rotatable bonds is 8. The molecule has 0 spiro atoms. The first-order valence-corrected chi connectivity index (χ1v) is 10.6. The molecular weight excluding hydrogens is 494 g/mol. The molecule has 0 saturated heterocycles. The molecule has 0 aliphatic carbocycles. The number of cyclic esters (lactones) is 1. The van der Waals surface area contributed by atoms with Crippen LogP contribution in [0.3, 0.4) is 0 Å². The fourth-order valence-electron chi connectivity index (χ4n) is 3.25. The van der Waals surface area contributed by atoms with Crippen molar-refractivity contribution in [2.24, 2.45) is 4.99 Å². The van der Waals surface area contributed by atoms with Gasteiger partial charge in [-0.15, -0.1) is 0 Å². The van der Waals surface area contributed by atoms with Crippen molar-refractivity contribution in [1.82, 2.24) is 0 Å². The number of nitro benzene ring substituents is 2. The predicted octanol–water partition coefficient (Wildman–Crippen LogP) is 5.09. The van der Waals surface area contributed by atoms with E-state index < -0.39 is 15.8 Å². The van der Waals surface area contributed by atoms with Crippen molar-refractivity contribution in [1.29, 1.82) is 0 Å². The molecule has 0 saturated carbocycles. The maximum absolute atomic E-state index is 12.3. The Morgan fingerprint density at radius 3 is 2.19 bits per heavy atom. The minimum atomic E-state index is -0.697.